The van der Waals surface area contributed by atoms with Gasteiger partial charge in [0, 0.05) is 31.7 Å². The third-order valence-electron chi connectivity index (χ3n) is 3.47. The molecule has 21 heavy (non-hydrogen) atoms. The Kier molecular flexibility index (Phi) is 3.35. The molecule has 1 aromatic heterocycles. The molecule has 0 saturated heterocycles. The molecule has 3 rings (SSSR count). The van der Waals surface area contributed by atoms with Gasteiger partial charge in [-0.2, -0.15) is 0 Å². The Morgan fingerprint density at radius 2 is 2.24 bits per heavy atom. The van der Waals surface area contributed by atoms with Gasteiger partial charge in [0.15, 0.2) is 0 Å². The van der Waals surface area contributed by atoms with Crippen molar-refractivity contribution in [1.29, 1.82) is 0 Å². The van der Waals surface area contributed by atoms with Gasteiger partial charge in [0.2, 0.25) is 5.91 Å². The van der Waals surface area contributed by atoms with Crippen LogP contribution in [0.25, 0.3) is 0 Å². The number of fused-ring (bicyclic) bond motifs is 1. The molecule has 0 spiro atoms. The highest BCUT2D eigenvalue weighted by molar-refractivity contribution is 6.01. The van der Waals surface area contributed by atoms with Crippen LogP contribution in [0.1, 0.15) is 21.6 Å². The Morgan fingerprint density at radius 3 is 3.00 bits per heavy atom. The standard InChI is InChI=1S/C15H14N4O2/c1-19-13-3-2-10(6-11(13)7-14(19)20)8-18-15(21)12-9-16-4-5-17-12/h2-6,9H,7-8H2,1H3,(H,18,21). The molecule has 1 aromatic carbocycles. The molecule has 0 saturated carbocycles. The number of benzene rings is 1. The number of anilines is 1. The van der Waals surface area contributed by atoms with E-state index in [-0.39, 0.29) is 17.5 Å². The van der Waals surface area contributed by atoms with Gasteiger partial charge in [-0.25, -0.2) is 4.98 Å². The first-order chi connectivity index (χ1) is 10.1. The van der Waals surface area contributed by atoms with Crippen molar-refractivity contribution in [2.24, 2.45) is 0 Å². The maximum atomic E-state index is 11.9. The van der Waals surface area contributed by atoms with Crippen LogP contribution in [0.3, 0.4) is 0 Å². The van der Waals surface area contributed by atoms with Gasteiger partial charge >= 0.3 is 0 Å². The van der Waals surface area contributed by atoms with E-state index in [1.54, 1.807) is 11.9 Å². The summed E-state index contributed by atoms with van der Waals surface area (Å²) >= 11 is 0. The molecule has 0 aliphatic carbocycles. The van der Waals surface area contributed by atoms with Crippen LogP contribution < -0.4 is 10.2 Å². The van der Waals surface area contributed by atoms with E-state index in [0.29, 0.717) is 13.0 Å². The van der Waals surface area contributed by atoms with Gasteiger partial charge < -0.3 is 10.2 Å². The summed E-state index contributed by atoms with van der Waals surface area (Å²) in [5.41, 5.74) is 3.17. The lowest BCUT2D eigenvalue weighted by molar-refractivity contribution is -0.117. The molecule has 1 aliphatic rings. The van der Waals surface area contributed by atoms with Crippen LogP contribution in [0.2, 0.25) is 0 Å². The lowest BCUT2D eigenvalue weighted by atomic mass is 10.1. The van der Waals surface area contributed by atoms with E-state index >= 15 is 0 Å². The minimum Gasteiger partial charge on any atom is -0.347 e. The van der Waals surface area contributed by atoms with Crippen molar-refractivity contribution in [3.8, 4) is 0 Å². The van der Waals surface area contributed by atoms with E-state index in [4.69, 9.17) is 0 Å². The zero-order valence-corrected chi connectivity index (χ0v) is 11.5. The number of likely N-dealkylation sites (N-methyl/N-ethyl adjacent to an activating group) is 1. The normalized spacial score (nSPS) is 13.2. The molecule has 106 valence electrons. The smallest absolute Gasteiger partial charge is 0.271 e. The highest BCUT2D eigenvalue weighted by Gasteiger charge is 2.23. The van der Waals surface area contributed by atoms with E-state index in [9.17, 15) is 9.59 Å². The van der Waals surface area contributed by atoms with Crippen molar-refractivity contribution in [3.63, 3.8) is 0 Å². The molecule has 1 N–H and O–H groups in total. The first-order valence-corrected chi connectivity index (χ1v) is 6.58. The van der Waals surface area contributed by atoms with Gasteiger partial charge in [0.1, 0.15) is 5.69 Å². The summed E-state index contributed by atoms with van der Waals surface area (Å²) in [5.74, 6) is -0.178. The van der Waals surface area contributed by atoms with Crippen LogP contribution in [0, 0.1) is 0 Å². The third-order valence-corrected chi connectivity index (χ3v) is 3.47. The molecule has 0 fully saturated rings. The number of nitrogens with zero attached hydrogens (tertiary/aromatic N) is 3. The summed E-state index contributed by atoms with van der Waals surface area (Å²) in [6.45, 7) is 0.389. The van der Waals surface area contributed by atoms with Crippen LogP contribution >= 0.6 is 0 Å². The number of carbonyl (C=O) groups excluding carboxylic acids is 2. The van der Waals surface area contributed by atoms with Gasteiger partial charge in [0.05, 0.1) is 12.6 Å². The average Bonchev–Trinajstić information content (AvgIpc) is 2.80. The maximum Gasteiger partial charge on any atom is 0.271 e. The van der Waals surface area contributed by atoms with E-state index in [0.717, 1.165) is 16.8 Å². The number of hydrogen-bond donors (Lipinski definition) is 1. The first-order valence-electron chi connectivity index (χ1n) is 6.58. The third kappa shape index (κ3) is 2.60. The Bertz CT molecular complexity index is 700. The van der Waals surface area contributed by atoms with E-state index in [2.05, 4.69) is 15.3 Å². The van der Waals surface area contributed by atoms with Crippen LogP contribution in [0.15, 0.2) is 36.8 Å². The summed E-state index contributed by atoms with van der Waals surface area (Å²) in [6.07, 6.45) is 4.83. The fourth-order valence-corrected chi connectivity index (χ4v) is 2.32. The molecule has 2 amide bonds. The van der Waals surface area contributed by atoms with Crippen molar-refractivity contribution < 1.29 is 9.59 Å². The number of nitrogens with one attached hydrogen (secondary N) is 1. The monoisotopic (exact) mass is 282 g/mol. The van der Waals surface area contributed by atoms with Crippen LogP contribution in [0.4, 0.5) is 5.69 Å². The number of amides is 2. The number of hydrogen-bond acceptors (Lipinski definition) is 4. The second-order valence-corrected chi connectivity index (χ2v) is 4.87. The predicted octanol–water partition coefficient (Wildman–Crippen LogP) is 0.925. The SMILES string of the molecule is CN1C(=O)Cc2cc(CNC(=O)c3cnccn3)ccc21. The minimum atomic E-state index is -0.267. The summed E-state index contributed by atoms with van der Waals surface area (Å²) in [6, 6.07) is 5.77. The largest absolute Gasteiger partial charge is 0.347 e. The zero-order valence-electron chi connectivity index (χ0n) is 11.5. The summed E-state index contributed by atoms with van der Waals surface area (Å²) in [5, 5.41) is 2.79. The van der Waals surface area contributed by atoms with Crippen molar-refractivity contribution in [2.45, 2.75) is 13.0 Å². The number of aromatic nitrogens is 2. The Balaban J connectivity index is 1.69. The van der Waals surface area contributed by atoms with Gasteiger partial charge in [-0.05, 0) is 17.2 Å². The highest BCUT2D eigenvalue weighted by atomic mass is 16.2. The van der Waals surface area contributed by atoms with Crippen molar-refractivity contribution >= 4 is 17.5 Å². The fourth-order valence-electron chi connectivity index (χ4n) is 2.32. The molecule has 0 radical (unpaired) electrons. The van der Waals surface area contributed by atoms with Crippen LogP contribution in [0.5, 0.6) is 0 Å². The van der Waals surface area contributed by atoms with E-state index in [1.165, 1.54) is 18.6 Å². The van der Waals surface area contributed by atoms with Crippen molar-refractivity contribution in [3.05, 3.63) is 53.6 Å². The molecule has 2 heterocycles. The molecule has 0 atom stereocenters. The van der Waals surface area contributed by atoms with Crippen molar-refractivity contribution in [2.75, 3.05) is 11.9 Å². The van der Waals surface area contributed by atoms with Crippen LogP contribution in [-0.2, 0) is 17.8 Å². The Morgan fingerprint density at radius 1 is 1.38 bits per heavy atom. The molecular formula is C15H14N4O2. The molecule has 6 heteroatoms. The second-order valence-electron chi connectivity index (χ2n) is 4.87. The van der Waals surface area contributed by atoms with Gasteiger partial charge in [-0.3, -0.25) is 14.6 Å². The lowest BCUT2D eigenvalue weighted by Gasteiger charge is -2.11. The summed E-state index contributed by atoms with van der Waals surface area (Å²) < 4.78 is 0. The van der Waals surface area contributed by atoms with E-state index < -0.39 is 0 Å². The van der Waals surface area contributed by atoms with Crippen LogP contribution in [-0.4, -0.2) is 28.8 Å². The topological polar surface area (TPSA) is 75.2 Å². The van der Waals surface area contributed by atoms with Gasteiger partial charge in [0.25, 0.3) is 5.91 Å². The zero-order chi connectivity index (χ0) is 14.8. The number of rotatable bonds is 3. The Hall–Kier alpha value is -2.76. The molecular weight excluding hydrogens is 268 g/mol. The molecule has 0 unspecified atom stereocenters. The lowest BCUT2D eigenvalue weighted by Crippen LogP contribution is -2.23. The number of carbonyl (C=O) groups is 2. The molecule has 6 nitrogen and oxygen atoms in total. The molecule has 1 aliphatic heterocycles. The summed E-state index contributed by atoms with van der Waals surface area (Å²) in [4.78, 5) is 33.0. The molecule has 2 aromatic rings. The summed E-state index contributed by atoms with van der Waals surface area (Å²) in [7, 11) is 1.77. The average molecular weight is 282 g/mol. The van der Waals surface area contributed by atoms with E-state index in [1.807, 2.05) is 18.2 Å². The predicted molar refractivity (Wildman–Crippen MR) is 76.8 cm³/mol. The quantitative estimate of drug-likeness (QED) is 0.908. The maximum absolute atomic E-state index is 11.9. The molecule has 0 bridgehead atoms. The second kappa shape index (κ2) is 5.32. The minimum absolute atomic E-state index is 0.0887. The fraction of sp³-hybridized carbons (Fsp3) is 0.200. The Labute approximate surface area is 121 Å². The highest BCUT2D eigenvalue weighted by Crippen LogP contribution is 2.28. The van der Waals surface area contributed by atoms with Gasteiger partial charge in [-0.15, -0.1) is 0 Å². The van der Waals surface area contributed by atoms with Gasteiger partial charge in [-0.1, -0.05) is 12.1 Å². The van der Waals surface area contributed by atoms with Crippen molar-refractivity contribution in [1.82, 2.24) is 15.3 Å². The first kappa shape index (κ1) is 13.2.